The fourth-order valence-electron chi connectivity index (χ4n) is 1.79. The van der Waals surface area contributed by atoms with Crippen LogP contribution < -0.4 is 10.1 Å². The van der Waals surface area contributed by atoms with Gasteiger partial charge >= 0.3 is 5.69 Å². The van der Waals surface area contributed by atoms with Crippen molar-refractivity contribution in [2.45, 2.75) is 13.0 Å². The van der Waals surface area contributed by atoms with Crippen LogP contribution in [0.3, 0.4) is 0 Å². The second-order valence-corrected chi connectivity index (χ2v) is 5.07. The Morgan fingerprint density at radius 1 is 1.35 bits per heavy atom. The van der Waals surface area contributed by atoms with Crippen molar-refractivity contribution in [1.29, 1.82) is 0 Å². The molecule has 0 unspecified atom stereocenters. The number of carbonyl (C=O) groups is 1. The molecule has 0 aliphatic rings. The van der Waals surface area contributed by atoms with Gasteiger partial charge in [-0.05, 0) is 31.2 Å². The van der Waals surface area contributed by atoms with Crippen LogP contribution in [0.5, 0.6) is 5.75 Å². The average Bonchev–Trinajstić information content (AvgIpc) is 2.46. The molecule has 1 amide bonds. The average molecular weight is 339 g/mol. The van der Waals surface area contributed by atoms with E-state index >= 15 is 0 Å². The number of anilines is 1. The van der Waals surface area contributed by atoms with Crippen LogP contribution in [0.4, 0.5) is 15.8 Å². The highest BCUT2D eigenvalue weighted by Crippen LogP contribution is 2.28. The molecule has 2 aromatic carbocycles. The number of hydrogen-bond donors (Lipinski definition) is 1. The topological polar surface area (TPSA) is 81.5 Å². The standard InChI is InChI=1S/C15H12ClFN2O4/c1-9(15(20)18-12-4-2-3-10(16)7-12)23-14-8-11(17)5-6-13(14)19(21)22/h2-9H,1H3,(H,18,20)/t9-/m0/s1. The number of nitrogens with one attached hydrogen (secondary N) is 1. The lowest BCUT2D eigenvalue weighted by molar-refractivity contribution is -0.386. The number of amides is 1. The second-order valence-electron chi connectivity index (χ2n) is 4.63. The lowest BCUT2D eigenvalue weighted by atomic mass is 10.2. The predicted molar refractivity (Wildman–Crippen MR) is 83.2 cm³/mol. The summed E-state index contributed by atoms with van der Waals surface area (Å²) in [4.78, 5) is 22.2. The Labute approximate surface area is 136 Å². The fraction of sp³-hybridized carbons (Fsp3) is 0.133. The number of rotatable bonds is 5. The van der Waals surface area contributed by atoms with Gasteiger partial charge in [0, 0.05) is 22.8 Å². The number of ether oxygens (including phenoxy) is 1. The Hall–Kier alpha value is -2.67. The maximum Gasteiger partial charge on any atom is 0.311 e. The van der Waals surface area contributed by atoms with Crippen molar-refractivity contribution in [3.63, 3.8) is 0 Å². The van der Waals surface area contributed by atoms with E-state index in [2.05, 4.69) is 5.32 Å². The molecule has 8 heteroatoms. The van der Waals surface area contributed by atoms with Gasteiger partial charge in [-0.1, -0.05) is 17.7 Å². The molecule has 0 fully saturated rings. The highest BCUT2D eigenvalue weighted by atomic mass is 35.5. The molecule has 0 aliphatic carbocycles. The van der Waals surface area contributed by atoms with Crippen LogP contribution in [0.2, 0.25) is 5.02 Å². The summed E-state index contributed by atoms with van der Waals surface area (Å²) in [5.74, 6) is -1.57. The molecule has 0 saturated heterocycles. The van der Waals surface area contributed by atoms with Gasteiger partial charge in [-0.3, -0.25) is 14.9 Å². The fourth-order valence-corrected chi connectivity index (χ4v) is 1.98. The third kappa shape index (κ3) is 4.40. The first-order valence-electron chi connectivity index (χ1n) is 6.54. The predicted octanol–water partition coefficient (Wildman–Crippen LogP) is 3.79. The SMILES string of the molecule is C[C@H](Oc1cc(F)ccc1[N+](=O)[O-])C(=O)Nc1cccc(Cl)c1. The number of halogens is 2. The van der Waals surface area contributed by atoms with E-state index in [-0.39, 0.29) is 5.75 Å². The van der Waals surface area contributed by atoms with Crippen LogP contribution in [0, 0.1) is 15.9 Å². The Morgan fingerprint density at radius 3 is 2.74 bits per heavy atom. The van der Waals surface area contributed by atoms with Crippen molar-refractivity contribution >= 4 is 28.9 Å². The largest absolute Gasteiger partial charge is 0.474 e. The van der Waals surface area contributed by atoms with E-state index in [9.17, 15) is 19.3 Å². The van der Waals surface area contributed by atoms with Crippen molar-refractivity contribution in [1.82, 2.24) is 0 Å². The molecule has 6 nitrogen and oxygen atoms in total. The summed E-state index contributed by atoms with van der Waals surface area (Å²) >= 11 is 5.81. The van der Waals surface area contributed by atoms with Crippen LogP contribution >= 0.6 is 11.6 Å². The van der Waals surface area contributed by atoms with Crippen molar-refractivity contribution in [2.24, 2.45) is 0 Å². The molecule has 23 heavy (non-hydrogen) atoms. The van der Waals surface area contributed by atoms with Gasteiger partial charge in [0.1, 0.15) is 5.82 Å². The zero-order chi connectivity index (χ0) is 17.0. The Morgan fingerprint density at radius 2 is 2.09 bits per heavy atom. The first-order chi connectivity index (χ1) is 10.9. The molecule has 0 aromatic heterocycles. The molecular formula is C15H12ClFN2O4. The molecule has 0 saturated carbocycles. The first-order valence-corrected chi connectivity index (χ1v) is 6.91. The molecule has 1 N–H and O–H groups in total. The highest BCUT2D eigenvalue weighted by molar-refractivity contribution is 6.30. The van der Waals surface area contributed by atoms with Crippen molar-refractivity contribution in [3.05, 3.63) is 63.4 Å². The summed E-state index contributed by atoms with van der Waals surface area (Å²) in [6, 6.07) is 9.25. The molecule has 2 aromatic rings. The van der Waals surface area contributed by atoms with Crippen LogP contribution in [0.25, 0.3) is 0 Å². The van der Waals surface area contributed by atoms with E-state index in [1.54, 1.807) is 18.2 Å². The minimum Gasteiger partial charge on any atom is -0.474 e. The second kappa shape index (κ2) is 7.06. The van der Waals surface area contributed by atoms with Crippen molar-refractivity contribution in [2.75, 3.05) is 5.32 Å². The molecule has 1 atom stereocenters. The maximum atomic E-state index is 13.2. The monoisotopic (exact) mass is 338 g/mol. The number of nitro groups is 1. The molecule has 0 aliphatic heterocycles. The lowest BCUT2D eigenvalue weighted by Crippen LogP contribution is -2.30. The smallest absolute Gasteiger partial charge is 0.311 e. The van der Waals surface area contributed by atoms with Crippen molar-refractivity contribution < 1.29 is 18.8 Å². The molecule has 2 rings (SSSR count). The van der Waals surface area contributed by atoms with E-state index in [0.717, 1.165) is 18.2 Å². The third-order valence-electron chi connectivity index (χ3n) is 2.88. The van der Waals surface area contributed by atoms with Gasteiger partial charge in [-0.15, -0.1) is 0 Å². The van der Waals surface area contributed by atoms with Crippen LogP contribution in [-0.4, -0.2) is 16.9 Å². The third-order valence-corrected chi connectivity index (χ3v) is 3.12. The Bertz CT molecular complexity index is 754. The van der Waals surface area contributed by atoms with Crippen molar-refractivity contribution in [3.8, 4) is 5.75 Å². The number of benzene rings is 2. The summed E-state index contributed by atoms with van der Waals surface area (Å²) in [5.41, 5.74) is 0.0282. The Kier molecular flexibility index (Phi) is 5.13. The number of hydrogen-bond acceptors (Lipinski definition) is 4. The first kappa shape index (κ1) is 16.7. The van der Waals surface area contributed by atoms with Crippen LogP contribution in [0.1, 0.15) is 6.92 Å². The van der Waals surface area contributed by atoms with Gasteiger partial charge in [0.25, 0.3) is 5.91 Å². The lowest BCUT2D eigenvalue weighted by Gasteiger charge is -2.15. The zero-order valence-electron chi connectivity index (χ0n) is 12.0. The van der Waals surface area contributed by atoms with Gasteiger partial charge in [0.2, 0.25) is 5.75 Å². The van der Waals surface area contributed by atoms with Gasteiger partial charge in [0.15, 0.2) is 6.10 Å². The minimum atomic E-state index is -1.07. The van der Waals surface area contributed by atoms with E-state index < -0.39 is 28.4 Å². The maximum absolute atomic E-state index is 13.2. The van der Waals surface area contributed by atoms with E-state index in [0.29, 0.717) is 10.7 Å². The quantitative estimate of drug-likeness (QED) is 0.664. The highest BCUT2D eigenvalue weighted by Gasteiger charge is 2.22. The summed E-state index contributed by atoms with van der Waals surface area (Å²) in [6.07, 6.45) is -1.07. The number of nitro benzene ring substituents is 1. The van der Waals surface area contributed by atoms with Crippen LogP contribution in [0.15, 0.2) is 42.5 Å². The summed E-state index contributed by atoms with van der Waals surface area (Å²) in [5, 5.41) is 13.9. The molecule has 0 radical (unpaired) electrons. The Balaban J connectivity index is 2.12. The molecule has 0 spiro atoms. The van der Waals surface area contributed by atoms with Gasteiger partial charge in [-0.2, -0.15) is 0 Å². The summed E-state index contributed by atoms with van der Waals surface area (Å²) < 4.78 is 18.5. The van der Waals surface area contributed by atoms with E-state index in [1.165, 1.54) is 13.0 Å². The van der Waals surface area contributed by atoms with Gasteiger partial charge in [-0.25, -0.2) is 4.39 Å². The molecule has 0 heterocycles. The van der Waals surface area contributed by atoms with E-state index in [1.807, 2.05) is 0 Å². The van der Waals surface area contributed by atoms with Crippen LogP contribution in [-0.2, 0) is 4.79 Å². The molecular weight excluding hydrogens is 327 g/mol. The molecule has 0 bridgehead atoms. The van der Waals surface area contributed by atoms with E-state index in [4.69, 9.17) is 16.3 Å². The molecule has 120 valence electrons. The minimum absolute atomic E-state index is 0.316. The van der Waals surface area contributed by atoms with Gasteiger partial charge < -0.3 is 10.1 Å². The number of carbonyl (C=O) groups excluding carboxylic acids is 1. The summed E-state index contributed by atoms with van der Waals surface area (Å²) in [6.45, 7) is 1.40. The zero-order valence-corrected chi connectivity index (χ0v) is 12.7. The van der Waals surface area contributed by atoms with Gasteiger partial charge in [0.05, 0.1) is 4.92 Å². The number of nitrogens with zero attached hydrogens (tertiary/aromatic N) is 1. The summed E-state index contributed by atoms with van der Waals surface area (Å²) in [7, 11) is 0. The normalized spacial score (nSPS) is 11.6.